The highest BCUT2D eigenvalue weighted by Crippen LogP contribution is 2.10. The van der Waals surface area contributed by atoms with Gasteiger partial charge in [0.05, 0.1) is 18.1 Å². The minimum absolute atomic E-state index is 0.0176. The van der Waals surface area contributed by atoms with Gasteiger partial charge >= 0.3 is 0 Å². The lowest BCUT2D eigenvalue weighted by molar-refractivity contribution is 0.266. The fourth-order valence-electron chi connectivity index (χ4n) is 1.42. The van der Waals surface area contributed by atoms with Crippen LogP contribution in [0.3, 0.4) is 0 Å². The second kappa shape index (κ2) is 11.7. The van der Waals surface area contributed by atoms with Crippen molar-refractivity contribution in [2.24, 2.45) is 0 Å². The van der Waals surface area contributed by atoms with Crippen molar-refractivity contribution in [1.29, 1.82) is 0 Å². The van der Waals surface area contributed by atoms with Crippen molar-refractivity contribution >= 4 is 42.1 Å². The van der Waals surface area contributed by atoms with Gasteiger partial charge in [0.25, 0.3) is 20.2 Å². The molecule has 0 spiro atoms. The fraction of sp³-hybridized carbons (Fsp3) is 1.00. The van der Waals surface area contributed by atoms with Crippen LogP contribution in [0.15, 0.2) is 0 Å². The van der Waals surface area contributed by atoms with Crippen LogP contribution >= 0.6 is 0 Å². The van der Waals surface area contributed by atoms with Crippen LogP contribution in [0.2, 0.25) is 0 Å². The van der Waals surface area contributed by atoms with Crippen molar-refractivity contribution in [2.45, 2.75) is 50.9 Å². The molecule has 0 aliphatic rings. The molecule has 0 fully saturated rings. The topological polar surface area (TPSA) is 130 Å². The van der Waals surface area contributed by atoms with Crippen LogP contribution in [0, 0.1) is 0 Å². The van der Waals surface area contributed by atoms with E-state index >= 15 is 0 Å². The van der Waals surface area contributed by atoms with E-state index in [-0.39, 0.29) is 19.4 Å². The van der Waals surface area contributed by atoms with Crippen molar-refractivity contribution in [3.05, 3.63) is 0 Å². The first kappa shape index (κ1) is 25.1. The highest BCUT2D eigenvalue weighted by molar-refractivity contribution is 7.89. The van der Waals surface area contributed by atoms with Crippen LogP contribution in [0.5, 0.6) is 0 Å². The minimum Gasteiger partial charge on any atom is -0.289 e. The minimum atomic E-state index is -3.96. The monoisotopic (exact) mass is 442 g/mol. The summed E-state index contributed by atoms with van der Waals surface area (Å²) in [6, 6.07) is 0. The number of hydrogen-bond acceptors (Lipinski definition) is 9. The second-order valence-corrected chi connectivity index (χ2v) is 11.7. The highest BCUT2D eigenvalue weighted by atomic mass is 32.2. The Labute approximate surface area is 155 Å². The van der Waals surface area contributed by atoms with Gasteiger partial charge in [-0.1, -0.05) is 6.92 Å². The maximum absolute atomic E-state index is 11.8. The van der Waals surface area contributed by atoms with E-state index in [9.17, 15) is 25.3 Å². The summed E-state index contributed by atoms with van der Waals surface area (Å²) < 4.78 is 83.9. The standard InChI is InChI=1S/C12H26O9S4/c1-5-8-19-23(14)12(3)21-25(17,18)10-7-6-9-24(15,16)20-11(2)22(4)13/h11-12H,5-10H2,1-4H3. The van der Waals surface area contributed by atoms with Gasteiger partial charge in [-0.05, 0) is 33.1 Å². The first-order valence-electron chi connectivity index (χ1n) is 7.58. The Morgan fingerprint density at radius 3 is 1.72 bits per heavy atom. The Morgan fingerprint density at radius 2 is 1.32 bits per heavy atom. The average Bonchev–Trinajstić information content (AvgIpc) is 2.48. The molecule has 0 heterocycles. The van der Waals surface area contributed by atoms with E-state index in [1.54, 1.807) is 0 Å². The zero-order valence-electron chi connectivity index (χ0n) is 14.7. The maximum Gasteiger partial charge on any atom is 0.268 e. The van der Waals surface area contributed by atoms with Gasteiger partial charge in [0.2, 0.25) is 0 Å². The molecule has 13 heteroatoms. The smallest absolute Gasteiger partial charge is 0.268 e. The SMILES string of the molecule is CCCOS(=O)C(C)OS(=O)(=O)CCCCS(=O)(=O)OC(C)S(C)=O. The molecule has 0 aliphatic heterocycles. The summed E-state index contributed by atoms with van der Waals surface area (Å²) in [6.07, 6.45) is 1.99. The molecule has 0 amide bonds. The third kappa shape index (κ3) is 12.2. The molecule has 0 N–H and O–H groups in total. The van der Waals surface area contributed by atoms with E-state index in [0.717, 1.165) is 0 Å². The summed E-state index contributed by atoms with van der Waals surface area (Å²) in [5, 5.41) is 0. The van der Waals surface area contributed by atoms with Crippen molar-refractivity contribution in [3.63, 3.8) is 0 Å². The van der Waals surface area contributed by atoms with Crippen molar-refractivity contribution in [3.8, 4) is 0 Å². The van der Waals surface area contributed by atoms with Crippen LogP contribution in [0.25, 0.3) is 0 Å². The molecule has 25 heavy (non-hydrogen) atoms. The van der Waals surface area contributed by atoms with Crippen molar-refractivity contribution in [2.75, 3.05) is 24.4 Å². The molecular weight excluding hydrogens is 416 g/mol. The van der Waals surface area contributed by atoms with Gasteiger partial charge in [0, 0.05) is 17.1 Å². The summed E-state index contributed by atoms with van der Waals surface area (Å²) in [4.78, 5) is 0. The predicted molar refractivity (Wildman–Crippen MR) is 96.4 cm³/mol. The van der Waals surface area contributed by atoms with Crippen LogP contribution < -0.4 is 0 Å². The van der Waals surface area contributed by atoms with Crippen molar-refractivity contribution in [1.82, 2.24) is 0 Å². The van der Waals surface area contributed by atoms with Gasteiger partial charge in [-0.25, -0.2) is 4.21 Å². The van der Waals surface area contributed by atoms with E-state index in [1.165, 1.54) is 20.1 Å². The van der Waals surface area contributed by atoms with Gasteiger partial charge < -0.3 is 0 Å². The summed E-state index contributed by atoms with van der Waals surface area (Å²) in [5.74, 6) is -0.821. The molecule has 9 nitrogen and oxygen atoms in total. The fourth-order valence-corrected chi connectivity index (χ4v) is 5.49. The van der Waals surface area contributed by atoms with Crippen LogP contribution in [-0.2, 0) is 54.7 Å². The van der Waals surface area contributed by atoms with Gasteiger partial charge in [0.1, 0.15) is 5.44 Å². The molecule has 0 rings (SSSR count). The molecule has 152 valence electrons. The lowest BCUT2D eigenvalue weighted by atomic mass is 10.4. The summed E-state index contributed by atoms with van der Waals surface area (Å²) in [5.41, 5.74) is -2.11. The maximum atomic E-state index is 11.8. The molecule has 0 aromatic heterocycles. The highest BCUT2D eigenvalue weighted by Gasteiger charge is 2.23. The molecule has 0 aromatic carbocycles. The molecule has 4 unspecified atom stereocenters. The lowest BCUT2D eigenvalue weighted by Crippen LogP contribution is -2.24. The molecule has 0 radical (unpaired) electrons. The zero-order valence-corrected chi connectivity index (χ0v) is 18.0. The average molecular weight is 443 g/mol. The van der Waals surface area contributed by atoms with E-state index < -0.39 is 64.5 Å². The Hall–Kier alpha value is 0.0800. The van der Waals surface area contributed by atoms with Gasteiger partial charge in [-0.2, -0.15) is 16.8 Å². The summed E-state index contributed by atoms with van der Waals surface area (Å²) in [7, 11) is -9.30. The molecule has 0 saturated heterocycles. The predicted octanol–water partition coefficient (Wildman–Crippen LogP) is 0.620. The zero-order chi connectivity index (χ0) is 19.7. The summed E-state index contributed by atoms with van der Waals surface area (Å²) >= 11 is -1.89. The quantitative estimate of drug-likeness (QED) is 0.281. The van der Waals surface area contributed by atoms with E-state index in [1.807, 2.05) is 6.92 Å². The largest absolute Gasteiger partial charge is 0.289 e. The normalized spacial score (nSPS) is 17.8. The first-order chi connectivity index (χ1) is 11.4. The number of hydrogen-bond donors (Lipinski definition) is 0. The molecular formula is C12H26O9S4. The van der Waals surface area contributed by atoms with Crippen molar-refractivity contribution < 1.29 is 37.8 Å². The van der Waals surface area contributed by atoms with Gasteiger partial charge in [-0.3, -0.25) is 16.8 Å². The van der Waals surface area contributed by atoms with Gasteiger partial charge in [0.15, 0.2) is 16.5 Å². The molecule has 4 atom stereocenters. The Balaban J connectivity index is 4.30. The molecule has 0 saturated carbocycles. The molecule has 0 aromatic rings. The Bertz CT molecular complexity index is 641. The van der Waals surface area contributed by atoms with E-state index in [4.69, 9.17) is 12.5 Å². The third-order valence-corrected chi connectivity index (χ3v) is 7.80. The first-order valence-corrected chi connectivity index (χ1v) is 13.5. The van der Waals surface area contributed by atoms with Gasteiger partial charge in [-0.15, -0.1) is 0 Å². The van der Waals surface area contributed by atoms with E-state index in [0.29, 0.717) is 6.42 Å². The Kier molecular flexibility index (Phi) is 11.8. The third-order valence-electron chi connectivity index (χ3n) is 2.74. The number of rotatable bonds is 14. The molecule has 0 aliphatic carbocycles. The second-order valence-electron chi connectivity index (χ2n) is 5.14. The Morgan fingerprint density at radius 1 is 0.880 bits per heavy atom. The molecule has 0 bridgehead atoms. The van der Waals surface area contributed by atoms with Crippen LogP contribution in [-0.4, -0.2) is 60.5 Å². The van der Waals surface area contributed by atoms with E-state index in [2.05, 4.69) is 0 Å². The number of unbranched alkanes of at least 4 members (excludes halogenated alkanes) is 1. The lowest BCUT2D eigenvalue weighted by Gasteiger charge is -2.12. The van der Waals surface area contributed by atoms with Crippen LogP contribution in [0.1, 0.15) is 40.0 Å². The summed E-state index contributed by atoms with van der Waals surface area (Å²) in [6.45, 7) is 4.72. The van der Waals surface area contributed by atoms with Crippen LogP contribution in [0.4, 0.5) is 0 Å².